The number of carbonyl (C=O) groups excluding carboxylic acids is 1. The Morgan fingerprint density at radius 1 is 1.33 bits per heavy atom. The molecule has 0 saturated heterocycles. The van der Waals surface area contributed by atoms with Crippen molar-refractivity contribution in [1.29, 1.82) is 0 Å². The Morgan fingerprint density at radius 2 is 2.09 bits per heavy atom. The van der Waals surface area contributed by atoms with Crippen molar-refractivity contribution < 1.29 is 18.0 Å². The summed E-state index contributed by atoms with van der Waals surface area (Å²) in [5.41, 5.74) is 7.11. The zero-order valence-electron chi connectivity index (χ0n) is 17.7. The normalized spacial score (nSPS) is 18.8. The minimum Gasteiger partial charge on any atom is -0.462 e. The van der Waals surface area contributed by atoms with E-state index >= 15 is 0 Å². The summed E-state index contributed by atoms with van der Waals surface area (Å²) >= 11 is 1.14. The van der Waals surface area contributed by atoms with Gasteiger partial charge in [0.05, 0.1) is 12.2 Å². The van der Waals surface area contributed by atoms with Crippen molar-refractivity contribution in [2.45, 2.75) is 31.1 Å². The zero-order valence-corrected chi connectivity index (χ0v) is 18.6. The summed E-state index contributed by atoms with van der Waals surface area (Å²) in [7, 11) is 1.53. The van der Waals surface area contributed by atoms with Gasteiger partial charge in [-0.3, -0.25) is 10.1 Å². The summed E-state index contributed by atoms with van der Waals surface area (Å²) in [4.78, 5) is 13.3. The van der Waals surface area contributed by atoms with Crippen molar-refractivity contribution in [1.82, 2.24) is 15.3 Å². The number of hydrogen-bond acceptors (Lipinski definition) is 8. The van der Waals surface area contributed by atoms with Gasteiger partial charge in [0.25, 0.3) is 0 Å². The molecule has 1 aliphatic rings. The molecule has 0 bridgehead atoms. The van der Waals surface area contributed by atoms with Crippen LogP contribution in [0.2, 0.25) is 0 Å². The Bertz CT molecular complexity index is 1130. The summed E-state index contributed by atoms with van der Waals surface area (Å²) in [6.07, 6.45) is 1.14. The predicted molar refractivity (Wildman–Crippen MR) is 120 cm³/mol. The van der Waals surface area contributed by atoms with Crippen LogP contribution in [0.25, 0.3) is 10.8 Å². The van der Waals surface area contributed by atoms with Crippen LogP contribution in [-0.2, 0) is 4.79 Å². The van der Waals surface area contributed by atoms with Gasteiger partial charge in [-0.1, -0.05) is 35.6 Å². The molecule has 0 spiro atoms. The van der Waals surface area contributed by atoms with Gasteiger partial charge in [-0.2, -0.15) is 0 Å². The third-order valence-electron chi connectivity index (χ3n) is 5.41. The molecule has 1 saturated carbocycles. The number of furan rings is 1. The van der Waals surface area contributed by atoms with E-state index in [0.29, 0.717) is 21.9 Å². The first-order chi connectivity index (χ1) is 15.7. The number of nitrogens with one attached hydrogen (secondary N) is 1. The average Bonchev–Trinajstić information content (AvgIpc) is 3.49. The second-order valence-corrected chi connectivity index (χ2v) is 8.87. The van der Waals surface area contributed by atoms with E-state index in [-0.39, 0.29) is 30.2 Å². The fraction of sp³-hybridized carbons (Fsp3) is 0.333. The van der Waals surface area contributed by atoms with E-state index in [4.69, 9.17) is 16.0 Å². The van der Waals surface area contributed by atoms with Crippen molar-refractivity contribution >= 4 is 28.2 Å². The Balaban J connectivity index is 1.58. The topological polar surface area (TPSA) is 136 Å². The standard InChI is InChI=1S/C21H23F2N7O2S/c1-30(25)29-17(24)13-6-4-12(5-7-13)16(14-8-9-21(22,23)11-14)18(31)26-20-28-27-19(33-20)15-3-2-10-32-15/h2-7,10,14,16H,8-9,11,25H2,1H3,(H2,24,29)(H,26,28,31). The molecule has 2 heterocycles. The van der Waals surface area contributed by atoms with E-state index in [1.807, 2.05) is 0 Å². The molecular weight excluding hydrogens is 452 g/mol. The molecule has 33 heavy (non-hydrogen) atoms. The second kappa shape index (κ2) is 9.24. The van der Waals surface area contributed by atoms with Gasteiger partial charge in [0.1, 0.15) is 0 Å². The molecule has 12 heteroatoms. The highest BCUT2D eigenvalue weighted by Crippen LogP contribution is 2.46. The summed E-state index contributed by atoms with van der Waals surface area (Å²) < 4.78 is 33.3. The molecule has 5 N–H and O–H groups in total. The number of rotatable bonds is 7. The molecule has 1 amide bonds. The number of aromatic nitrogens is 2. The number of amidine groups is 1. The minimum absolute atomic E-state index is 0.194. The first-order valence-electron chi connectivity index (χ1n) is 10.2. The number of anilines is 1. The van der Waals surface area contributed by atoms with Crippen LogP contribution in [-0.4, -0.2) is 40.0 Å². The van der Waals surface area contributed by atoms with Crippen molar-refractivity contribution in [3.8, 4) is 10.8 Å². The lowest BCUT2D eigenvalue weighted by Crippen LogP contribution is -2.28. The molecule has 2 unspecified atom stereocenters. The van der Waals surface area contributed by atoms with Gasteiger partial charge in [0.2, 0.25) is 17.0 Å². The molecule has 9 nitrogen and oxygen atoms in total. The molecular formula is C21H23F2N7O2S. The average molecular weight is 476 g/mol. The maximum atomic E-state index is 14.0. The van der Waals surface area contributed by atoms with Crippen LogP contribution in [0.3, 0.4) is 0 Å². The van der Waals surface area contributed by atoms with Crippen LogP contribution in [0.15, 0.2) is 52.2 Å². The molecule has 3 aromatic rings. The van der Waals surface area contributed by atoms with Crippen LogP contribution in [0.4, 0.5) is 13.9 Å². The summed E-state index contributed by atoms with van der Waals surface area (Å²) in [5.74, 6) is 1.68. The Hall–Kier alpha value is -3.38. The number of carbonyl (C=O) groups is 1. The molecule has 0 radical (unpaired) electrons. The summed E-state index contributed by atoms with van der Waals surface area (Å²) in [5, 5.41) is 16.5. The number of hydrogen-bond donors (Lipinski definition) is 3. The Kier molecular flexibility index (Phi) is 6.38. The third-order valence-corrected chi connectivity index (χ3v) is 6.27. The third kappa shape index (κ3) is 5.34. The predicted octanol–water partition coefficient (Wildman–Crippen LogP) is 3.38. The van der Waals surface area contributed by atoms with E-state index < -0.39 is 23.7 Å². The highest BCUT2D eigenvalue weighted by molar-refractivity contribution is 7.18. The van der Waals surface area contributed by atoms with Gasteiger partial charge in [-0.25, -0.2) is 19.7 Å². The van der Waals surface area contributed by atoms with Gasteiger partial charge in [0, 0.05) is 25.5 Å². The molecule has 0 aliphatic heterocycles. The first kappa shape index (κ1) is 22.8. The molecule has 1 fully saturated rings. The van der Waals surface area contributed by atoms with Gasteiger partial charge >= 0.3 is 0 Å². The fourth-order valence-electron chi connectivity index (χ4n) is 3.95. The monoisotopic (exact) mass is 475 g/mol. The summed E-state index contributed by atoms with van der Waals surface area (Å²) in [6, 6.07) is 10.2. The van der Waals surface area contributed by atoms with E-state index in [1.165, 1.54) is 13.3 Å². The van der Waals surface area contributed by atoms with Crippen molar-refractivity contribution in [2.24, 2.45) is 22.6 Å². The maximum Gasteiger partial charge on any atom is 0.248 e. The molecule has 2 atom stereocenters. The van der Waals surface area contributed by atoms with Gasteiger partial charge in [-0.05, 0) is 30.0 Å². The number of nitrogens with two attached hydrogens (primary N) is 2. The largest absolute Gasteiger partial charge is 0.462 e. The molecule has 1 aliphatic carbocycles. The number of hydrazone groups is 1. The Labute approximate surface area is 192 Å². The lowest BCUT2D eigenvalue weighted by Gasteiger charge is -2.23. The Morgan fingerprint density at radius 3 is 2.70 bits per heavy atom. The number of halogens is 2. The van der Waals surface area contributed by atoms with Crippen LogP contribution in [0, 0.1) is 5.92 Å². The smallest absolute Gasteiger partial charge is 0.248 e. The number of alkyl halides is 2. The SMILES string of the molecule is CN(N)/N=C(\N)c1ccc(C(C(=O)Nc2nnc(-c3ccco3)s2)C2CCC(F)(F)C2)cc1. The van der Waals surface area contributed by atoms with Gasteiger partial charge < -0.3 is 10.2 Å². The van der Waals surface area contributed by atoms with Crippen LogP contribution in [0.5, 0.6) is 0 Å². The van der Waals surface area contributed by atoms with E-state index in [0.717, 1.165) is 16.5 Å². The fourth-order valence-corrected chi connectivity index (χ4v) is 4.67. The van der Waals surface area contributed by atoms with Crippen molar-refractivity contribution in [3.05, 3.63) is 53.8 Å². The van der Waals surface area contributed by atoms with Crippen LogP contribution in [0.1, 0.15) is 36.3 Å². The number of benzene rings is 1. The van der Waals surface area contributed by atoms with E-state index in [2.05, 4.69) is 20.6 Å². The zero-order chi connectivity index (χ0) is 23.6. The molecule has 1 aromatic carbocycles. The summed E-state index contributed by atoms with van der Waals surface area (Å²) in [6.45, 7) is 0. The highest BCUT2D eigenvalue weighted by atomic mass is 32.1. The highest BCUT2D eigenvalue weighted by Gasteiger charge is 2.45. The van der Waals surface area contributed by atoms with E-state index in [9.17, 15) is 13.6 Å². The minimum atomic E-state index is -2.79. The van der Waals surface area contributed by atoms with Crippen LogP contribution >= 0.6 is 11.3 Å². The maximum absolute atomic E-state index is 14.0. The van der Waals surface area contributed by atoms with Crippen molar-refractivity contribution in [2.75, 3.05) is 12.4 Å². The van der Waals surface area contributed by atoms with Crippen molar-refractivity contribution in [3.63, 3.8) is 0 Å². The lowest BCUT2D eigenvalue weighted by molar-refractivity contribution is -0.118. The first-order valence-corrected chi connectivity index (χ1v) is 11.0. The molecule has 2 aromatic heterocycles. The van der Waals surface area contributed by atoms with E-state index in [1.54, 1.807) is 36.4 Å². The molecule has 4 rings (SSSR count). The lowest BCUT2D eigenvalue weighted by atomic mass is 9.83. The number of amides is 1. The van der Waals surface area contributed by atoms with Crippen LogP contribution < -0.4 is 16.9 Å². The van der Waals surface area contributed by atoms with Gasteiger partial charge in [0.15, 0.2) is 16.6 Å². The van der Waals surface area contributed by atoms with Gasteiger partial charge in [-0.15, -0.1) is 15.3 Å². The second-order valence-electron chi connectivity index (χ2n) is 7.90. The number of hydrazine groups is 1. The quantitative estimate of drug-likeness (QED) is 0.206. The molecule has 174 valence electrons. The number of nitrogens with zero attached hydrogens (tertiary/aromatic N) is 4.